The van der Waals surface area contributed by atoms with Crippen molar-refractivity contribution in [1.82, 2.24) is 0 Å². The number of rotatable bonds is 4. The Labute approximate surface area is 178 Å². The quantitative estimate of drug-likeness (QED) is 0.550. The van der Waals surface area contributed by atoms with Gasteiger partial charge in [0.1, 0.15) is 5.78 Å². The van der Waals surface area contributed by atoms with Crippen LogP contribution in [0.2, 0.25) is 0 Å². The standard InChI is InChI=1S/C27H42O2/c1-17(2)7-6-8-18(3)21-9-10-22-25-23(12-14-27(21,22)5)26(4)13-11-20(28)15-19(26)16-24(25)29/h7,16,18,21-25,29H,6,8-15H2,1-5H3/t18-,21-,22+,23+,24-,25+,26+,27-/m1/s1. The van der Waals surface area contributed by atoms with Crippen LogP contribution in [0, 0.1) is 40.4 Å². The second-order valence-electron chi connectivity index (χ2n) is 11.7. The summed E-state index contributed by atoms with van der Waals surface area (Å²) in [6, 6.07) is 0. The predicted molar refractivity (Wildman–Crippen MR) is 119 cm³/mol. The molecule has 0 spiro atoms. The van der Waals surface area contributed by atoms with Crippen molar-refractivity contribution in [3.8, 4) is 0 Å². The molecule has 3 saturated carbocycles. The second kappa shape index (κ2) is 7.66. The highest BCUT2D eigenvalue weighted by molar-refractivity contribution is 5.82. The van der Waals surface area contributed by atoms with Crippen molar-refractivity contribution in [2.45, 2.75) is 98.5 Å². The number of hydrogen-bond donors (Lipinski definition) is 1. The van der Waals surface area contributed by atoms with Gasteiger partial charge in [0.25, 0.3) is 0 Å². The summed E-state index contributed by atoms with van der Waals surface area (Å²) in [5.41, 5.74) is 3.21. The molecular formula is C27H42O2. The summed E-state index contributed by atoms with van der Waals surface area (Å²) >= 11 is 0. The summed E-state index contributed by atoms with van der Waals surface area (Å²) < 4.78 is 0. The Morgan fingerprint density at radius 2 is 1.97 bits per heavy atom. The van der Waals surface area contributed by atoms with Gasteiger partial charge in [-0.1, -0.05) is 44.1 Å². The maximum absolute atomic E-state index is 12.1. The zero-order valence-corrected chi connectivity index (χ0v) is 19.3. The molecule has 0 aliphatic heterocycles. The van der Waals surface area contributed by atoms with E-state index in [0.717, 1.165) is 24.7 Å². The van der Waals surface area contributed by atoms with Gasteiger partial charge in [-0.25, -0.2) is 0 Å². The largest absolute Gasteiger partial charge is 0.389 e. The molecule has 2 heteroatoms. The molecule has 0 saturated heterocycles. The fraction of sp³-hybridized carbons (Fsp3) is 0.815. The molecule has 29 heavy (non-hydrogen) atoms. The molecule has 3 fully saturated rings. The predicted octanol–water partition coefficient (Wildman–Crippen LogP) is 6.49. The lowest BCUT2D eigenvalue weighted by atomic mass is 9.46. The van der Waals surface area contributed by atoms with Gasteiger partial charge in [-0.3, -0.25) is 4.79 Å². The number of aliphatic hydroxyl groups excluding tert-OH is 1. The molecule has 0 radical (unpaired) electrons. The van der Waals surface area contributed by atoms with Crippen LogP contribution in [0.3, 0.4) is 0 Å². The lowest BCUT2D eigenvalue weighted by molar-refractivity contribution is -0.125. The van der Waals surface area contributed by atoms with Gasteiger partial charge in [-0.15, -0.1) is 0 Å². The SMILES string of the molecule is CC(C)=CCC[C@@H](C)[C@H]1CC[C@H]2[C@@H]3[C@H](O)C=C4CC(=O)CC[C@]4(C)[C@H]3CC[C@]12C. The fourth-order valence-electron chi connectivity index (χ4n) is 8.28. The minimum atomic E-state index is -0.349. The summed E-state index contributed by atoms with van der Waals surface area (Å²) in [4.78, 5) is 12.1. The highest BCUT2D eigenvalue weighted by Gasteiger charge is 2.61. The van der Waals surface area contributed by atoms with Crippen molar-refractivity contribution in [3.05, 3.63) is 23.3 Å². The molecule has 0 aromatic heterocycles. The number of ketones is 1. The smallest absolute Gasteiger partial charge is 0.136 e. The van der Waals surface area contributed by atoms with Crippen LogP contribution in [0.25, 0.3) is 0 Å². The van der Waals surface area contributed by atoms with Gasteiger partial charge >= 0.3 is 0 Å². The third kappa shape index (κ3) is 3.48. The molecule has 0 heterocycles. The van der Waals surface area contributed by atoms with Crippen LogP contribution in [0.15, 0.2) is 23.3 Å². The van der Waals surface area contributed by atoms with E-state index in [-0.39, 0.29) is 11.5 Å². The monoisotopic (exact) mass is 398 g/mol. The third-order valence-electron chi connectivity index (χ3n) is 9.90. The Morgan fingerprint density at radius 3 is 2.69 bits per heavy atom. The number of allylic oxidation sites excluding steroid dienone is 3. The molecule has 2 nitrogen and oxygen atoms in total. The number of carbonyl (C=O) groups is 1. The minimum Gasteiger partial charge on any atom is -0.389 e. The zero-order chi connectivity index (χ0) is 21.0. The Morgan fingerprint density at radius 1 is 1.21 bits per heavy atom. The third-order valence-corrected chi connectivity index (χ3v) is 9.90. The fourth-order valence-corrected chi connectivity index (χ4v) is 8.28. The van der Waals surface area contributed by atoms with Gasteiger partial charge in [0, 0.05) is 12.8 Å². The maximum atomic E-state index is 12.1. The summed E-state index contributed by atoms with van der Waals surface area (Å²) in [5.74, 6) is 3.50. The Bertz CT molecular complexity index is 714. The topological polar surface area (TPSA) is 37.3 Å². The molecule has 0 aromatic rings. The van der Waals surface area contributed by atoms with Gasteiger partial charge in [-0.05, 0) is 99.2 Å². The van der Waals surface area contributed by atoms with Crippen molar-refractivity contribution in [2.24, 2.45) is 40.4 Å². The van der Waals surface area contributed by atoms with Crippen LogP contribution in [-0.4, -0.2) is 17.0 Å². The highest BCUT2D eigenvalue weighted by Crippen LogP contribution is 2.67. The number of hydrogen-bond acceptors (Lipinski definition) is 2. The van der Waals surface area contributed by atoms with Crippen molar-refractivity contribution in [3.63, 3.8) is 0 Å². The van der Waals surface area contributed by atoms with E-state index in [9.17, 15) is 9.90 Å². The molecule has 0 amide bonds. The number of carbonyl (C=O) groups excluding carboxylic acids is 1. The molecule has 0 aromatic carbocycles. The van der Waals surface area contributed by atoms with E-state index in [1.165, 1.54) is 49.7 Å². The van der Waals surface area contributed by atoms with Crippen molar-refractivity contribution in [2.75, 3.05) is 0 Å². The number of fused-ring (bicyclic) bond motifs is 5. The van der Waals surface area contributed by atoms with Crippen LogP contribution in [0.4, 0.5) is 0 Å². The van der Waals surface area contributed by atoms with Crippen LogP contribution in [-0.2, 0) is 4.79 Å². The molecule has 0 bridgehead atoms. The first-order valence-electron chi connectivity index (χ1n) is 12.2. The minimum absolute atomic E-state index is 0.145. The van der Waals surface area contributed by atoms with Crippen LogP contribution >= 0.6 is 0 Å². The molecule has 1 N–H and O–H groups in total. The van der Waals surface area contributed by atoms with Crippen LogP contribution < -0.4 is 0 Å². The number of Topliss-reactive ketones (excluding diaryl/α,β-unsaturated/α-hetero) is 1. The Hall–Kier alpha value is -0.890. The van der Waals surface area contributed by atoms with Gasteiger partial charge in [0.15, 0.2) is 0 Å². The van der Waals surface area contributed by atoms with Crippen molar-refractivity contribution >= 4 is 5.78 Å². The second-order valence-corrected chi connectivity index (χ2v) is 11.7. The number of aliphatic hydroxyl groups is 1. The average molecular weight is 399 g/mol. The lowest BCUT2D eigenvalue weighted by Crippen LogP contribution is -2.54. The average Bonchev–Trinajstić information content (AvgIpc) is 3.00. The molecule has 8 atom stereocenters. The maximum Gasteiger partial charge on any atom is 0.136 e. The zero-order valence-electron chi connectivity index (χ0n) is 19.3. The lowest BCUT2D eigenvalue weighted by Gasteiger charge is -2.59. The molecule has 4 rings (SSSR count). The van der Waals surface area contributed by atoms with Gasteiger partial charge < -0.3 is 5.11 Å². The summed E-state index contributed by atoms with van der Waals surface area (Å²) in [6.45, 7) is 11.8. The van der Waals surface area contributed by atoms with E-state index >= 15 is 0 Å². The van der Waals surface area contributed by atoms with E-state index in [1.54, 1.807) is 0 Å². The van der Waals surface area contributed by atoms with Gasteiger partial charge in [-0.2, -0.15) is 0 Å². The molecule has 4 aliphatic carbocycles. The van der Waals surface area contributed by atoms with E-state index in [0.29, 0.717) is 35.4 Å². The summed E-state index contributed by atoms with van der Waals surface area (Å²) in [5, 5.41) is 11.2. The Kier molecular flexibility index (Phi) is 5.64. The van der Waals surface area contributed by atoms with Crippen molar-refractivity contribution in [1.29, 1.82) is 0 Å². The molecular weight excluding hydrogens is 356 g/mol. The van der Waals surface area contributed by atoms with Crippen LogP contribution in [0.1, 0.15) is 92.4 Å². The van der Waals surface area contributed by atoms with E-state index in [4.69, 9.17) is 0 Å². The first-order chi connectivity index (χ1) is 13.7. The first kappa shape index (κ1) is 21.3. The van der Waals surface area contributed by atoms with Gasteiger partial charge in [0.05, 0.1) is 6.10 Å². The van der Waals surface area contributed by atoms with E-state index in [2.05, 4.69) is 46.8 Å². The van der Waals surface area contributed by atoms with Crippen LogP contribution in [0.5, 0.6) is 0 Å². The van der Waals surface area contributed by atoms with Gasteiger partial charge in [0.2, 0.25) is 0 Å². The van der Waals surface area contributed by atoms with E-state index < -0.39 is 0 Å². The Balaban J connectivity index is 1.57. The first-order valence-corrected chi connectivity index (χ1v) is 12.2. The molecule has 0 unspecified atom stereocenters. The normalized spacial score (nSPS) is 45.0. The summed E-state index contributed by atoms with van der Waals surface area (Å²) in [7, 11) is 0. The summed E-state index contributed by atoms with van der Waals surface area (Å²) in [6.07, 6.45) is 14.1. The molecule has 4 aliphatic rings. The highest BCUT2D eigenvalue weighted by atomic mass is 16.3. The molecule has 162 valence electrons. The van der Waals surface area contributed by atoms with Crippen molar-refractivity contribution < 1.29 is 9.90 Å². The van der Waals surface area contributed by atoms with E-state index in [1.807, 2.05) is 0 Å².